The zero-order valence-electron chi connectivity index (χ0n) is 16.9. The molecule has 148 valence electrons. The lowest BCUT2D eigenvalue weighted by molar-refractivity contribution is -0.116. The Hall–Kier alpha value is -1.89. The first kappa shape index (κ1) is 20.8. The quantitative estimate of drug-likeness (QED) is 0.495. The van der Waals surface area contributed by atoms with Crippen molar-refractivity contribution in [3.05, 3.63) is 53.6 Å². The van der Waals surface area contributed by atoms with Crippen LogP contribution in [0.4, 0.5) is 5.13 Å². The number of rotatable bonds is 8. The van der Waals surface area contributed by atoms with Crippen molar-refractivity contribution in [2.75, 3.05) is 37.8 Å². The number of aromatic nitrogens is 1. The number of thioether (sulfide) groups is 1. The molecule has 0 aliphatic rings. The molecule has 2 aromatic carbocycles. The number of amides is 1. The number of thiazole rings is 1. The average molecular weight is 414 g/mol. The van der Waals surface area contributed by atoms with Crippen LogP contribution < -0.4 is 4.90 Å². The lowest BCUT2D eigenvalue weighted by Gasteiger charge is -2.21. The molecule has 1 heterocycles. The van der Waals surface area contributed by atoms with Gasteiger partial charge in [-0.15, -0.1) is 11.8 Å². The number of carbonyl (C=O) groups excluding carboxylic acids is 1. The Balaban J connectivity index is 1.79. The van der Waals surface area contributed by atoms with Gasteiger partial charge in [0.15, 0.2) is 5.13 Å². The molecule has 1 aromatic heterocycles. The molecule has 4 nitrogen and oxygen atoms in total. The normalized spacial score (nSPS) is 11.3. The molecule has 3 rings (SSSR count). The first-order chi connectivity index (χ1) is 13.5. The maximum Gasteiger partial charge on any atom is 0.239 e. The van der Waals surface area contributed by atoms with Crippen molar-refractivity contribution in [1.29, 1.82) is 0 Å². The maximum absolute atomic E-state index is 13.0. The summed E-state index contributed by atoms with van der Waals surface area (Å²) in [4.78, 5) is 22.9. The van der Waals surface area contributed by atoms with Gasteiger partial charge in [-0.3, -0.25) is 9.69 Å². The molecular weight excluding hydrogens is 386 g/mol. The Morgan fingerprint density at radius 1 is 1.11 bits per heavy atom. The fourth-order valence-electron chi connectivity index (χ4n) is 2.78. The predicted molar refractivity (Wildman–Crippen MR) is 122 cm³/mol. The topological polar surface area (TPSA) is 36.4 Å². The smallest absolute Gasteiger partial charge is 0.239 e. The van der Waals surface area contributed by atoms with Crippen LogP contribution in [0.2, 0.25) is 0 Å². The Morgan fingerprint density at radius 2 is 1.86 bits per heavy atom. The fraction of sp³-hybridized carbons (Fsp3) is 0.364. The number of likely N-dealkylation sites (N-methyl/N-ethyl adjacent to an activating group) is 1. The van der Waals surface area contributed by atoms with Gasteiger partial charge in [-0.1, -0.05) is 42.0 Å². The molecule has 6 heteroatoms. The Kier molecular flexibility index (Phi) is 7.10. The Morgan fingerprint density at radius 3 is 2.54 bits per heavy atom. The summed E-state index contributed by atoms with van der Waals surface area (Å²) in [6.07, 6.45) is 1.000. The highest BCUT2D eigenvalue weighted by Crippen LogP contribution is 2.30. The monoisotopic (exact) mass is 413 g/mol. The third-order valence-electron chi connectivity index (χ3n) is 4.54. The summed E-state index contributed by atoms with van der Waals surface area (Å²) in [5.74, 6) is 0.509. The molecule has 0 spiro atoms. The largest absolute Gasteiger partial charge is 0.308 e. The van der Waals surface area contributed by atoms with Crippen LogP contribution in [-0.4, -0.2) is 48.7 Å². The minimum absolute atomic E-state index is 0.0993. The molecule has 28 heavy (non-hydrogen) atoms. The van der Waals surface area contributed by atoms with Gasteiger partial charge >= 0.3 is 0 Å². The predicted octanol–water partition coefficient (Wildman–Crippen LogP) is 4.85. The van der Waals surface area contributed by atoms with E-state index in [9.17, 15) is 4.79 Å². The fourth-order valence-corrected chi connectivity index (χ4v) is 4.62. The van der Waals surface area contributed by atoms with Crippen LogP contribution in [0.1, 0.15) is 18.1 Å². The standard InChI is InChI=1S/C22H27N3OS2/c1-5-17-8-11-19-20(14-17)28-22(23-19)25(13-12-24(3)4)21(26)15-27-18-9-6-16(2)7-10-18/h6-11,14H,5,12-13,15H2,1-4H3. The highest BCUT2D eigenvalue weighted by Gasteiger charge is 2.20. The first-order valence-corrected chi connectivity index (χ1v) is 11.3. The van der Waals surface area contributed by atoms with Gasteiger partial charge < -0.3 is 4.90 Å². The van der Waals surface area contributed by atoms with Crippen molar-refractivity contribution in [2.24, 2.45) is 0 Å². The van der Waals surface area contributed by atoms with Crippen LogP contribution >= 0.6 is 23.1 Å². The first-order valence-electron chi connectivity index (χ1n) is 9.50. The van der Waals surface area contributed by atoms with Crippen LogP contribution in [-0.2, 0) is 11.2 Å². The minimum Gasteiger partial charge on any atom is -0.308 e. The number of hydrogen-bond donors (Lipinski definition) is 0. The highest BCUT2D eigenvalue weighted by molar-refractivity contribution is 8.00. The third-order valence-corrected chi connectivity index (χ3v) is 6.57. The van der Waals surface area contributed by atoms with E-state index in [1.54, 1.807) is 23.1 Å². The molecule has 0 fully saturated rings. The number of aryl methyl sites for hydroxylation is 2. The summed E-state index contributed by atoms with van der Waals surface area (Å²) in [7, 11) is 4.05. The molecule has 0 radical (unpaired) electrons. The van der Waals surface area contributed by atoms with Crippen LogP contribution in [0, 0.1) is 6.92 Å². The van der Waals surface area contributed by atoms with E-state index in [2.05, 4.69) is 61.2 Å². The van der Waals surface area contributed by atoms with Gasteiger partial charge in [-0.25, -0.2) is 4.98 Å². The van der Waals surface area contributed by atoms with E-state index in [0.717, 1.165) is 33.2 Å². The summed E-state index contributed by atoms with van der Waals surface area (Å²) in [5, 5.41) is 0.791. The van der Waals surface area contributed by atoms with Crippen LogP contribution in [0.25, 0.3) is 10.2 Å². The zero-order chi connectivity index (χ0) is 20.1. The molecule has 0 aliphatic carbocycles. The number of hydrogen-bond acceptors (Lipinski definition) is 5. The van der Waals surface area contributed by atoms with Gasteiger partial charge in [0.05, 0.1) is 16.0 Å². The summed E-state index contributed by atoms with van der Waals surface area (Å²) in [6.45, 7) is 5.66. The summed E-state index contributed by atoms with van der Waals surface area (Å²) in [6, 6.07) is 14.7. The SMILES string of the molecule is CCc1ccc2nc(N(CCN(C)C)C(=O)CSc3ccc(C)cc3)sc2c1. The van der Waals surface area contributed by atoms with Gasteiger partial charge in [-0.2, -0.15) is 0 Å². The number of nitrogens with zero attached hydrogens (tertiary/aromatic N) is 3. The molecule has 0 aliphatic heterocycles. The van der Waals surface area contributed by atoms with Crippen molar-refractivity contribution in [1.82, 2.24) is 9.88 Å². The second-order valence-corrected chi connectivity index (χ2v) is 9.16. The van der Waals surface area contributed by atoms with Gasteiger partial charge in [0.2, 0.25) is 5.91 Å². The molecule has 1 amide bonds. The number of anilines is 1. The van der Waals surface area contributed by atoms with Crippen molar-refractivity contribution in [3.8, 4) is 0 Å². The van der Waals surface area contributed by atoms with Crippen molar-refractivity contribution >= 4 is 44.4 Å². The Bertz CT molecular complexity index is 935. The second-order valence-electron chi connectivity index (χ2n) is 7.10. The van der Waals surface area contributed by atoms with E-state index < -0.39 is 0 Å². The summed E-state index contributed by atoms with van der Waals surface area (Å²) in [5.41, 5.74) is 3.49. The van der Waals surface area contributed by atoms with Crippen molar-refractivity contribution in [3.63, 3.8) is 0 Å². The highest BCUT2D eigenvalue weighted by atomic mass is 32.2. The van der Waals surface area contributed by atoms with Crippen LogP contribution in [0.3, 0.4) is 0 Å². The van der Waals surface area contributed by atoms with E-state index in [0.29, 0.717) is 12.3 Å². The minimum atomic E-state index is 0.0993. The lowest BCUT2D eigenvalue weighted by Crippen LogP contribution is -2.37. The molecule has 3 aromatic rings. The molecule has 0 unspecified atom stereocenters. The molecule has 0 atom stereocenters. The van der Waals surface area contributed by atoms with E-state index >= 15 is 0 Å². The maximum atomic E-state index is 13.0. The van der Waals surface area contributed by atoms with Gasteiger partial charge in [0.1, 0.15) is 0 Å². The van der Waals surface area contributed by atoms with E-state index in [-0.39, 0.29) is 5.91 Å². The molecule has 0 bridgehead atoms. The number of fused-ring (bicyclic) bond motifs is 1. The van der Waals surface area contributed by atoms with Crippen LogP contribution in [0.5, 0.6) is 0 Å². The number of benzene rings is 2. The van der Waals surface area contributed by atoms with Crippen molar-refractivity contribution in [2.45, 2.75) is 25.2 Å². The molecular formula is C22H27N3OS2. The van der Waals surface area contributed by atoms with E-state index in [1.807, 2.05) is 19.0 Å². The second kappa shape index (κ2) is 9.54. The lowest BCUT2D eigenvalue weighted by atomic mass is 10.2. The third kappa shape index (κ3) is 5.34. The van der Waals surface area contributed by atoms with E-state index in [4.69, 9.17) is 4.98 Å². The molecule has 0 saturated heterocycles. The summed E-state index contributed by atoms with van der Waals surface area (Å²) >= 11 is 3.18. The molecule has 0 N–H and O–H groups in total. The number of carbonyl (C=O) groups is 1. The van der Waals surface area contributed by atoms with Crippen LogP contribution in [0.15, 0.2) is 47.4 Å². The summed E-state index contributed by atoms with van der Waals surface area (Å²) < 4.78 is 1.14. The zero-order valence-corrected chi connectivity index (χ0v) is 18.6. The van der Waals surface area contributed by atoms with E-state index in [1.165, 1.54) is 11.1 Å². The van der Waals surface area contributed by atoms with Crippen molar-refractivity contribution < 1.29 is 4.79 Å². The Labute approximate surface area is 175 Å². The van der Waals surface area contributed by atoms with Gasteiger partial charge in [0.25, 0.3) is 0 Å². The molecule has 0 saturated carbocycles. The van der Waals surface area contributed by atoms with Gasteiger partial charge in [-0.05, 0) is 57.3 Å². The van der Waals surface area contributed by atoms with Gasteiger partial charge in [0, 0.05) is 18.0 Å². The average Bonchev–Trinajstić information content (AvgIpc) is 3.10.